The van der Waals surface area contributed by atoms with Crippen molar-refractivity contribution in [3.05, 3.63) is 11.1 Å². The maximum absolute atomic E-state index is 12.4. The van der Waals surface area contributed by atoms with E-state index in [0.29, 0.717) is 31.9 Å². The molecule has 0 saturated carbocycles. The zero-order valence-corrected chi connectivity index (χ0v) is 21.8. The quantitative estimate of drug-likeness (QED) is 0.191. The molecule has 1 aromatic heterocycles. The van der Waals surface area contributed by atoms with Gasteiger partial charge in [0.15, 0.2) is 18.4 Å². The molecule has 1 aliphatic heterocycles. The fourth-order valence-corrected chi connectivity index (χ4v) is 5.67. The lowest BCUT2D eigenvalue weighted by atomic mass is 10.2. The highest BCUT2D eigenvalue weighted by atomic mass is 32.2. The minimum Gasteiger partial charge on any atom is -0.461 e. The van der Waals surface area contributed by atoms with Crippen LogP contribution in [0.4, 0.5) is 0 Å². The molecule has 0 radical (unpaired) electrons. The van der Waals surface area contributed by atoms with E-state index in [0.717, 1.165) is 29.4 Å². The van der Waals surface area contributed by atoms with Crippen LogP contribution < -0.4 is 0 Å². The standard InChI is InChI=1S/C21H36N2O4S2Si/c1-7-8-12-26-19(25)17-15-29-20(22-17)28-13-11-23-16(9-10-18(23)24)14-27-30(5,6)21(2,3)4/h15-16H,7-14H2,1-6H3/t16-/m1/s1. The Bertz CT molecular complexity index is 718. The minimum absolute atomic E-state index is 0.160. The monoisotopic (exact) mass is 472 g/mol. The van der Waals surface area contributed by atoms with Gasteiger partial charge in [0.1, 0.15) is 0 Å². The molecule has 0 N–H and O–H groups in total. The van der Waals surface area contributed by atoms with E-state index in [1.165, 1.54) is 11.3 Å². The van der Waals surface area contributed by atoms with Crippen molar-refractivity contribution >= 4 is 43.3 Å². The zero-order valence-electron chi connectivity index (χ0n) is 19.2. The molecule has 0 unspecified atom stereocenters. The second kappa shape index (κ2) is 11.1. The first kappa shape index (κ1) is 25.4. The number of ether oxygens (including phenoxy) is 1. The Labute approximate surface area is 190 Å². The number of aromatic nitrogens is 1. The Kier molecular flexibility index (Phi) is 9.39. The van der Waals surface area contributed by atoms with Crippen molar-refractivity contribution in [2.24, 2.45) is 0 Å². The summed E-state index contributed by atoms with van der Waals surface area (Å²) in [5.74, 6) is 0.600. The van der Waals surface area contributed by atoms with Gasteiger partial charge in [-0.2, -0.15) is 0 Å². The summed E-state index contributed by atoms with van der Waals surface area (Å²) in [6.07, 6.45) is 3.31. The first-order chi connectivity index (χ1) is 14.0. The van der Waals surface area contributed by atoms with Gasteiger partial charge in [0, 0.05) is 24.1 Å². The van der Waals surface area contributed by atoms with E-state index in [4.69, 9.17) is 9.16 Å². The molecular formula is C21H36N2O4S2Si. The molecule has 30 heavy (non-hydrogen) atoms. The predicted octanol–water partition coefficient (Wildman–Crippen LogP) is 5.20. The Morgan fingerprint density at radius 3 is 2.80 bits per heavy atom. The molecule has 1 atom stereocenters. The Balaban J connectivity index is 1.81. The second-order valence-corrected chi connectivity index (χ2v) is 16.2. The fraction of sp³-hybridized carbons (Fsp3) is 0.762. The molecular weight excluding hydrogens is 436 g/mol. The average molecular weight is 473 g/mol. The number of hydrogen-bond acceptors (Lipinski definition) is 7. The SMILES string of the molecule is CCCCOC(=O)c1csc(SCCN2C(=O)CC[C@@H]2CO[Si](C)(C)C(C)(C)C)n1. The number of amides is 1. The number of hydrogen-bond donors (Lipinski definition) is 0. The fourth-order valence-electron chi connectivity index (χ4n) is 2.83. The van der Waals surface area contributed by atoms with Crippen molar-refractivity contribution in [3.8, 4) is 0 Å². The minimum atomic E-state index is -1.82. The highest BCUT2D eigenvalue weighted by molar-refractivity contribution is 8.01. The van der Waals surface area contributed by atoms with Crippen LogP contribution in [-0.4, -0.2) is 61.6 Å². The Morgan fingerprint density at radius 1 is 1.40 bits per heavy atom. The van der Waals surface area contributed by atoms with Crippen molar-refractivity contribution in [2.75, 3.05) is 25.5 Å². The van der Waals surface area contributed by atoms with Gasteiger partial charge in [0.2, 0.25) is 5.91 Å². The van der Waals surface area contributed by atoms with E-state index in [2.05, 4.69) is 45.8 Å². The lowest BCUT2D eigenvalue weighted by Crippen LogP contribution is -2.45. The van der Waals surface area contributed by atoms with Gasteiger partial charge in [-0.1, -0.05) is 45.9 Å². The Hall–Kier alpha value is -0.903. The van der Waals surface area contributed by atoms with E-state index in [-0.39, 0.29) is 23.0 Å². The van der Waals surface area contributed by atoms with Crippen LogP contribution in [0.1, 0.15) is 63.9 Å². The van der Waals surface area contributed by atoms with Crippen LogP contribution in [0.5, 0.6) is 0 Å². The first-order valence-corrected chi connectivity index (χ1v) is 15.5. The number of carbonyl (C=O) groups is 2. The van der Waals surface area contributed by atoms with Gasteiger partial charge in [-0.25, -0.2) is 9.78 Å². The number of likely N-dealkylation sites (tertiary alicyclic amines) is 1. The highest BCUT2D eigenvalue weighted by Gasteiger charge is 2.39. The van der Waals surface area contributed by atoms with E-state index in [1.807, 2.05) is 4.90 Å². The summed E-state index contributed by atoms with van der Waals surface area (Å²) in [5, 5.41) is 1.91. The maximum Gasteiger partial charge on any atom is 0.357 e. The van der Waals surface area contributed by atoms with Crippen LogP contribution >= 0.6 is 23.1 Å². The van der Waals surface area contributed by atoms with Crippen molar-refractivity contribution in [1.82, 2.24) is 9.88 Å². The average Bonchev–Trinajstić information content (AvgIpc) is 3.27. The summed E-state index contributed by atoms with van der Waals surface area (Å²) in [5.41, 5.74) is 0.372. The maximum atomic E-state index is 12.4. The first-order valence-electron chi connectivity index (χ1n) is 10.7. The predicted molar refractivity (Wildman–Crippen MR) is 126 cm³/mol. The van der Waals surface area contributed by atoms with Gasteiger partial charge >= 0.3 is 5.97 Å². The van der Waals surface area contributed by atoms with Crippen molar-refractivity contribution in [3.63, 3.8) is 0 Å². The topological polar surface area (TPSA) is 68.7 Å². The van der Waals surface area contributed by atoms with Gasteiger partial charge < -0.3 is 14.1 Å². The third-order valence-corrected chi connectivity index (χ3v) is 12.4. The van der Waals surface area contributed by atoms with Gasteiger partial charge in [0.05, 0.1) is 19.3 Å². The van der Waals surface area contributed by atoms with E-state index < -0.39 is 8.32 Å². The summed E-state index contributed by atoms with van der Waals surface area (Å²) in [6, 6.07) is 0.160. The molecule has 1 fully saturated rings. The molecule has 9 heteroatoms. The van der Waals surface area contributed by atoms with Crippen LogP contribution in [0.25, 0.3) is 0 Å². The molecule has 2 heterocycles. The van der Waals surface area contributed by atoms with E-state index >= 15 is 0 Å². The van der Waals surface area contributed by atoms with Gasteiger partial charge in [0.25, 0.3) is 0 Å². The molecule has 1 saturated heterocycles. The third-order valence-electron chi connectivity index (χ3n) is 5.88. The number of rotatable bonds is 11. The third kappa shape index (κ3) is 7.07. The summed E-state index contributed by atoms with van der Waals surface area (Å²) < 4.78 is 12.4. The summed E-state index contributed by atoms with van der Waals surface area (Å²) in [4.78, 5) is 30.7. The van der Waals surface area contributed by atoms with E-state index in [9.17, 15) is 9.59 Å². The molecule has 170 valence electrons. The summed E-state index contributed by atoms with van der Waals surface area (Å²) in [6.45, 7) is 15.0. The number of unbranched alkanes of at least 4 members (excludes halogenated alkanes) is 1. The summed E-state index contributed by atoms with van der Waals surface area (Å²) >= 11 is 3.03. The number of thioether (sulfide) groups is 1. The van der Waals surface area contributed by atoms with Crippen molar-refractivity contribution in [2.45, 2.75) is 81.9 Å². The second-order valence-electron chi connectivity index (χ2n) is 9.19. The Morgan fingerprint density at radius 2 is 2.13 bits per heavy atom. The normalized spacial score (nSPS) is 17.6. The molecule has 0 spiro atoms. The number of carbonyl (C=O) groups excluding carboxylic acids is 2. The summed E-state index contributed by atoms with van der Waals surface area (Å²) in [7, 11) is -1.82. The van der Waals surface area contributed by atoms with Gasteiger partial charge in [-0.15, -0.1) is 11.3 Å². The highest BCUT2D eigenvalue weighted by Crippen LogP contribution is 2.37. The van der Waals surface area contributed by atoms with E-state index in [1.54, 1.807) is 17.1 Å². The lowest BCUT2D eigenvalue weighted by Gasteiger charge is -2.38. The lowest BCUT2D eigenvalue weighted by molar-refractivity contribution is -0.129. The van der Waals surface area contributed by atoms with Crippen LogP contribution in [0, 0.1) is 0 Å². The van der Waals surface area contributed by atoms with Crippen LogP contribution in [-0.2, 0) is 14.0 Å². The smallest absolute Gasteiger partial charge is 0.357 e. The molecule has 6 nitrogen and oxygen atoms in total. The zero-order chi connectivity index (χ0) is 22.4. The number of nitrogens with zero attached hydrogens (tertiary/aromatic N) is 2. The number of esters is 1. The largest absolute Gasteiger partial charge is 0.461 e. The van der Waals surface area contributed by atoms with Gasteiger partial charge in [-0.05, 0) is 31.0 Å². The van der Waals surface area contributed by atoms with Crippen LogP contribution in [0.3, 0.4) is 0 Å². The van der Waals surface area contributed by atoms with Gasteiger partial charge in [-0.3, -0.25) is 4.79 Å². The molecule has 1 amide bonds. The molecule has 2 rings (SSSR count). The molecule has 0 bridgehead atoms. The van der Waals surface area contributed by atoms with Crippen LogP contribution in [0.2, 0.25) is 18.1 Å². The molecule has 0 aromatic carbocycles. The van der Waals surface area contributed by atoms with Crippen LogP contribution in [0.15, 0.2) is 9.72 Å². The molecule has 0 aliphatic carbocycles. The molecule has 1 aromatic rings. The number of thiazole rings is 1. The molecule has 1 aliphatic rings. The van der Waals surface area contributed by atoms with Crippen molar-refractivity contribution in [1.29, 1.82) is 0 Å². The van der Waals surface area contributed by atoms with Crippen molar-refractivity contribution < 1.29 is 18.8 Å².